The smallest absolute Gasteiger partial charge is 0.362 e. The Morgan fingerprint density at radius 1 is 1.23 bits per heavy atom. The molecule has 0 radical (unpaired) electrons. The van der Waals surface area contributed by atoms with Gasteiger partial charge in [0.05, 0.1) is 0 Å². The van der Waals surface area contributed by atoms with Crippen LogP contribution in [-0.4, -0.2) is 33.6 Å². The molecule has 144 valence electrons. The van der Waals surface area contributed by atoms with Crippen molar-refractivity contribution in [2.75, 3.05) is 0 Å². The van der Waals surface area contributed by atoms with Crippen LogP contribution in [0.1, 0.15) is 69.3 Å². The molecule has 1 atom stereocenters. The predicted molar refractivity (Wildman–Crippen MR) is 93.9 cm³/mol. The summed E-state index contributed by atoms with van der Waals surface area (Å²) >= 11 is 0. The molecule has 0 aliphatic carbocycles. The third-order valence-corrected chi connectivity index (χ3v) is 4.51. The number of rotatable bonds is 4. The van der Waals surface area contributed by atoms with Crippen molar-refractivity contribution < 1.29 is 23.1 Å². The van der Waals surface area contributed by atoms with Gasteiger partial charge in [0.2, 0.25) is 0 Å². The minimum absolute atomic E-state index is 0.0566. The van der Waals surface area contributed by atoms with Crippen molar-refractivity contribution in [3.05, 3.63) is 35.4 Å². The Morgan fingerprint density at radius 3 is 2.27 bits per heavy atom. The molecular weight excluding hydrogens is 345 g/mol. The Hall–Kier alpha value is -1.89. The first kappa shape index (κ1) is 20.4. The number of halogens is 3. The molecule has 0 bridgehead atoms. The topological polar surface area (TPSA) is 52.9 Å². The van der Waals surface area contributed by atoms with Crippen LogP contribution in [0.5, 0.6) is 0 Å². The van der Waals surface area contributed by atoms with Gasteiger partial charge in [0.25, 0.3) is 11.6 Å². The molecule has 0 aromatic heterocycles. The number of unbranched alkanes of at least 4 members (excludes halogenated alkanes) is 1. The number of hydrazone groups is 1. The number of carbonyl (C=O) groups excluding carboxylic acids is 1. The molecule has 0 fully saturated rings. The number of hydrogen-bond acceptors (Lipinski definition) is 3. The molecule has 1 heterocycles. The molecule has 2 rings (SSSR count). The number of nitrogens with zero attached hydrogens (tertiary/aromatic N) is 2. The lowest BCUT2D eigenvalue weighted by Gasteiger charge is -2.32. The highest BCUT2D eigenvalue weighted by Gasteiger charge is 2.63. The molecule has 1 amide bonds. The van der Waals surface area contributed by atoms with Gasteiger partial charge in [-0.25, -0.2) is 0 Å². The van der Waals surface area contributed by atoms with E-state index in [0.717, 1.165) is 12.0 Å². The lowest BCUT2D eigenvalue weighted by Crippen LogP contribution is -2.56. The van der Waals surface area contributed by atoms with Crippen LogP contribution in [0.25, 0.3) is 0 Å². The lowest BCUT2D eigenvalue weighted by molar-refractivity contribution is -0.297. The zero-order valence-electron chi connectivity index (χ0n) is 15.5. The van der Waals surface area contributed by atoms with E-state index in [2.05, 4.69) is 5.10 Å². The van der Waals surface area contributed by atoms with Gasteiger partial charge < -0.3 is 5.11 Å². The molecule has 1 unspecified atom stereocenters. The van der Waals surface area contributed by atoms with Crippen molar-refractivity contribution in [3.63, 3.8) is 0 Å². The molecule has 1 aliphatic heterocycles. The van der Waals surface area contributed by atoms with Gasteiger partial charge in [-0.15, -0.1) is 0 Å². The second-order valence-corrected chi connectivity index (χ2v) is 7.71. The first-order valence-electron chi connectivity index (χ1n) is 8.70. The Balaban J connectivity index is 2.35. The first-order valence-corrected chi connectivity index (χ1v) is 8.70. The third kappa shape index (κ3) is 3.92. The second-order valence-electron chi connectivity index (χ2n) is 7.71. The summed E-state index contributed by atoms with van der Waals surface area (Å²) in [5, 5.41) is 14.3. The fourth-order valence-corrected chi connectivity index (χ4v) is 2.81. The van der Waals surface area contributed by atoms with Crippen LogP contribution in [0.15, 0.2) is 29.4 Å². The van der Waals surface area contributed by atoms with E-state index >= 15 is 0 Å². The highest BCUT2D eigenvalue weighted by atomic mass is 19.4. The van der Waals surface area contributed by atoms with Gasteiger partial charge in [-0.05, 0) is 36.0 Å². The van der Waals surface area contributed by atoms with Gasteiger partial charge in [-0.1, -0.05) is 46.2 Å². The van der Waals surface area contributed by atoms with Gasteiger partial charge in [0.15, 0.2) is 0 Å². The highest BCUT2D eigenvalue weighted by Crippen LogP contribution is 2.41. The maximum atomic E-state index is 13.5. The van der Waals surface area contributed by atoms with Crippen LogP contribution >= 0.6 is 0 Å². The minimum Gasteiger partial charge on any atom is -0.362 e. The molecule has 0 saturated heterocycles. The molecule has 1 aromatic rings. The largest absolute Gasteiger partial charge is 0.438 e. The van der Waals surface area contributed by atoms with Gasteiger partial charge in [0.1, 0.15) is 0 Å². The molecule has 1 aliphatic rings. The van der Waals surface area contributed by atoms with Crippen LogP contribution in [0, 0.1) is 0 Å². The van der Waals surface area contributed by atoms with Gasteiger partial charge in [0, 0.05) is 17.7 Å². The van der Waals surface area contributed by atoms with E-state index in [-0.39, 0.29) is 21.7 Å². The second kappa shape index (κ2) is 7.02. The van der Waals surface area contributed by atoms with E-state index in [1.807, 2.05) is 27.7 Å². The predicted octanol–water partition coefficient (Wildman–Crippen LogP) is 4.63. The van der Waals surface area contributed by atoms with Crippen molar-refractivity contribution in [1.29, 1.82) is 0 Å². The summed E-state index contributed by atoms with van der Waals surface area (Å²) in [5.41, 5.74) is -2.25. The summed E-state index contributed by atoms with van der Waals surface area (Å²) in [4.78, 5) is 12.6. The maximum Gasteiger partial charge on any atom is 0.438 e. The summed E-state index contributed by atoms with van der Waals surface area (Å²) in [6.07, 6.45) is -3.95. The van der Waals surface area contributed by atoms with Crippen LogP contribution in [0.4, 0.5) is 13.2 Å². The number of amides is 1. The van der Waals surface area contributed by atoms with Crippen molar-refractivity contribution in [1.82, 2.24) is 5.01 Å². The molecule has 7 heteroatoms. The molecule has 1 N–H and O–H groups in total. The Kier molecular flexibility index (Phi) is 5.52. The van der Waals surface area contributed by atoms with Crippen LogP contribution in [0.3, 0.4) is 0 Å². The fraction of sp³-hybridized carbons (Fsp3) is 0.579. The third-order valence-electron chi connectivity index (χ3n) is 4.51. The van der Waals surface area contributed by atoms with E-state index < -0.39 is 24.2 Å². The molecular formula is C19H25F3N2O2. The van der Waals surface area contributed by atoms with Gasteiger partial charge in [-0.2, -0.15) is 23.3 Å². The fourth-order valence-electron chi connectivity index (χ4n) is 2.81. The van der Waals surface area contributed by atoms with E-state index in [1.54, 1.807) is 12.1 Å². The lowest BCUT2D eigenvalue weighted by atomic mass is 9.86. The van der Waals surface area contributed by atoms with Gasteiger partial charge >= 0.3 is 6.18 Å². The quantitative estimate of drug-likeness (QED) is 0.840. The van der Waals surface area contributed by atoms with Crippen molar-refractivity contribution in [2.45, 2.75) is 70.7 Å². The summed E-state index contributed by atoms with van der Waals surface area (Å²) in [6, 6.07) is 6.36. The molecule has 0 saturated carbocycles. The standard InChI is InChI=1S/C19H25F3N2O2/c1-5-6-7-15-12-18(26,19(20,21)22)24(23-15)16(25)13-8-10-14(11-9-13)17(2,3)4/h8-11,26H,5-7,12H2,1-4H3. The van der Waals surface area contributed by atoms with Crippen molar-refractivity contribution >= 4 is 11.6 Å². The zero-order chi connectivity index (χ0) is 19.8. The molecule has 1 aromatic carbocycles. The SMILES string of the molecule is CCCCC1=NN(C(=O)c2ccc(C(C)(C)C)cc2)C(O)(C(F)(F)F)C1. The summed E-state index contributed by atoms with van der Waals surface area (Å²) in [7, 11) is 0. The molecule has 4 nitrogen and oxygen atoms in total. The van der Waals surface area contributed by atoms with Crippen molar-refractivity contribution in [2.24, 2.45) is 5.10 Å². The monoisotopic (exact) mass is 370 g/mol. The normalized spacial score (nSPS) is 21.1. The number of hydrogen-bond donors (Lipinski definition) is 1. The minimum atomic E-state index is -4.99. The van der Waals surface area contributed by atoms with Crippen LogP contribution < -0.4 is 0 Å². The molecule has 0 spiro atoms. The van der Waals surface area contributed by atoms with E-state index in [9.17, 15) is 23.1 Å². The number of aliphatic hydroxyl groups is 1. The number of alkyl halides is 3. The first-order chi connectivity index (χ1) is 11.9. The maximum absolute atomic E-state index is 13.5. The van der Waals surface area contributed by atoms with E-state index in [4.69, 9.17) is 0 Å². The van der Waals surface area contributed by atoms with E-state index in [0.29, 0.717) is 12.8 Å². The Labute approximate surface area is 151 Å². The summed E-state index contributed by atoms with van der Waals surface area (Å²) in [5.74, 6) is -0.961. The molecule has 26 heavy (non-hydrogen) atoms. The van der Waals surface area contributed by atoms with Gasteiger partial charge in [-0.3, -0.25) is 4.79 Å². The number of carbonyl (C=O) groups is 1. The van der Waals surface area contributed by atoms with Crippen LogP contribution in [-0.2, 0) is 5.41 Å². The Morgan fingerprint density at radius 2 is 1.81 bits per heavy atom. The zero-order valence-corrected chi connectivity index (χ0v) is 15.5. The van der Waals surface area contributed by atoms with Crippen LogP contribution in [0.2, 0.25) is 0 Å². The Bertz CT molecular complexity index is 690. The average Bonchev–Trinajstić information content (AvgIpc) is 2.89. The van der Waals surface area contributed by atoms with E-state index in [1.165, 1.54) is 12.1 Å². The summed E-state index contributed by atoms with van der Waals surface area (Å²) in [6.45, 7) is 7.90. The highest BCUT2D eigenvalue weighted by molar-refractivity contribution is 5.98. The number of benzene rings is 1. The summed E-state index contributed by atoms with van der Waals surface area (Å²) < 4.78 is 40.4. The van der Waals surface area contributed by atoms with Crippen molar-refractivity contribution in [3.8, 4) is 0 Å². The average molecular weight is 370 g/mol.